The Bertz CT molecular complexity index is 239. The molecule has 0 aliphatic heterocycles. The highest BCUT2D eigenvalue weighted by Gasteiger charge is 2.13. The molecule has 5 nitrogen and oxygen atoms in total. The summed E-state index contributed by atoms with van der Waals surface area (Å²) in [5.41, 5.74) is 5.47. The van der Waals surface area contributed by atoms with Crippen molar-refractivity contribution >= 4 is 5.91 Å². The van der Waals surface area contributed by atoms with Crippen molar-refractivity contribution in [3.8, 4) is 0 Å². The number of hydrogen-bond acceptors (Lipinski definition) is 4. The molecule has 0 radical (unpaired) electrons. The van der Waals surface area contributed by atoms with Gasteiger partial charge in [-0.25, -0.2) is 0 Å². The molecule has 1 aliphatic carbocycles. The summed E-state index contributed by atoms with van der Waals surface area (Å²) in [4.78, 5) is 11.5. The predicted molar refractivity (Wildman–Crippen MR) is 74.9 cm³/mol. The fourth-order valence-corrected chi connectivity index (χ4v) is 2.32. The van der Waals surface area contributed by atoms with E-state index in [1.54, 1.807) is 7.11 Å². The summed E-state index contributed by atoms with van der Waals surface area (Å²) in [5, 5.41) is 2.87. The molecule has 1 saturated carbocycles. The molecule has 0 aromatic heterocycles. The van der Waals surface area contributed by atoms with E-state index in [-0.39, 0.29) is 12.0 Å². The Hall–Kier alpha value is -0.650. The number of carbonyl (C=O) groups excluding carboxylic acids is 1. The zero-order chi connectivity index (χ0) is 13.9. The number of carbonyl (C=O) groups is 1. The smallest absolute Gasteiger partial charge is 0.222 e. The van der Waals surface area contributed by atoms with Crippen molar-refractivity contribution in [1.29, 1.82) is 0 Å². The molecule has 1 rings (SSSR count). The quantitative estimate of drug-likeness (QED) is 0.619. The summed E-state index contributed by atoms with van der Waals surface area (Å²) in [6.45, 7) is 1.76. The van der Waals surface area contributed by atoms with E-state index in [2.05, 4.69) is 5.32 Å². The molecule has 5 heteroatoms. The van der Waals surface area contributed by atoms with E-state index in [4.69, 9.17) is 15.2 Å². The van der Waals surface area contributed by atoms with Gasteiger partial charge in [0.25, 0.3) is 0 Å². The van der Waals surface area contributed by atoms with E-state index in [0.29, 0.717) is 25.6 Å². The molecular formula is C14H28N2O3. The Morgan fingerprint density at radius 1 is 1.37 bits per heavy atom. The van der Waals surface area contributed by atoms with Crippen molar-refractivity contribution in [2.75, 3.05) is 26.8 Å². The van der Waals surface area contributed by atoms with Gasteiger partial charge >= 0.3 is 0 Å². The van der Waals surface area contributed by atoms with Crippen molar-refractivity contribution < 1.29 is 14.3 Å². The van der Waals surface area contributed by atoms with Gasteiger partial charge in [-0.3, -0.25) is 4.79 Å². The summed E-state index contributed by atoms with van der Waals surface area (Å²) in [7, 11) is 1.57. The minimum absolute atomic E-state index is 0.00466. The summed E-state index contributed by atoms with van der Waals surface area (Å²) in [5.74, 6) is -0.00466. The summed E-state index contributed by atoms with van der Waals surface area (Å²) in [6, 6.07) is 0. The van der Waals surface area contributed by atoms with Crippen LogP contribution in [0.4, 0.5) is 0 Å². The van der Waals surface area contributed by atoms with Gasteiger partial charge in [0.2, 0.25) is 5.91 Å². The van der Waals surface area contributed by atoms with Crippen molar-refractivity contribution in [3.63, 3.8) is 0 Å². The Morgan fingerprint density at radius 3 is 2.74 bits per heavy atom. The van der Waals surface area contributed by atoms with Crippen molar-refractivity contribution in [3.05, 3.63) is 0 Å². The Labute approximate surface area is 116 Å². The first-order chi connectivity index (χ1) is 9.26. The minimum Gasteiger partial charge on any atom is -0.380 e. The second-order valence-corrected chi connectivity index (χ2v) is 5.13. The van der Waals surface area contributed by atoms with E-state index < -0.39 is 0 Å². The minimum atomic E-state index is -0.182. The molecule has 19 heavy (non-hydrogen) atoms. The van der Waals surface area contributed by atoms with Crippen LogP contribution in [0.25, 0.3) is 0 Å². The Morgan fingerprint density at radius 2 is 2.11 bits per heavy atom. The monoisotopic (exact) mass is 272 g/mol. The maximum Gasteiger partial charge on any atom is 0.222 e. The van der Waals surface area contributed by atoms with Crippen LogP contribution in [-0.4, -0.2) is 44.9 Å². The largest absolute Gasteiger partial charge is 0.380 e. The average molecular weight is 272 g/mol. The van der Waals surface area contributed by atoms with Crippen LogP contribution in [0.15, 0.2) is 0 Å². The molecule has 1 fully saturated rings. The summed E-state index contributed by atoms with van der Waals surface area (Å²) in [6.07, 6.45) is 7.77. The van der Waals surface area contributed by atoms with Gasteiger partial charge in [-0.15, -0.1) is 0 Å². The number of rotatable bonds is 9. The van der Waals surface area contributed by atoms with Crippen LogP contribution in [0.2, 0.25) is 0 Å². The molecule has 0 saturated heterocycles. The molecule has 0 heterocycles. The van der Waals surface area contributed by atoms with Gasteiger partial charge in [-0.2, -0.15) is 0 Å². The predicted octanol–water partition coefficient (Wildman–Crippen LogP) is 1.21. The third kappa shape index (κ3) is 7.50. The molecule has 1 unspecified atom stereocenters. The zero-order valence-electron chi connectivity index (χ0n) is 12.0. The number of methoxy groups -OCH3 is 1. The molecule has 0 aromatic carbocycles. The van der Waals surface area contributed by atoms with Gasteiger partial charge in [0.1, 0.15) is 0 Å². The maximum atomic E-state index is 11.5. The molecule has 112 valence electrons. The SMILES string of the molecule is COC(CN)CC(=O)NCCCOC1CCCCC1. The van der Waals surface area contributed by atoms with Crippen LogP contribution in [-0.2, 0) is 14.3 Å². The first-order valence-corrected chi connectivity index (χ1v) is 7.37. The van der Waals surface area contributed by atoms with Gasteiger partial charge in [-0.05, 0) is 19.3 Å². The zero-order valence-corrected chi connectivity index (χ0v) is 12.0. The van der Waals surface area contributed by atoms with Crippen LogP contribution in [0.3, 0.4) is 0 Å². The van der Waals surface area contributed by atoms with Gasteiger partial charge in [0, 0.05) is 26.8 Å². The molecule has 1 aliphatic rings. The molecule has 1 amide bonds. The van der Waals surface area contributed by atoms with Crippen LogP contribution in [0.1, 0.15) is 44.9 Å². The highest BCUT2D eigenvalue weighted by atomic mass is 16.5. The van der Waals surface area contributed by atoms with E-state index in [1.165, 1.54) is 32.1 Å². The number of nitrogens with two attached hydrogens (primary N) is 1. The lowest BCUT2D eigenvalue weighted by atomic mass is 9.98. The number of hydrogen-bond donors (Lipinski definition) is 2. The average Bonchev–Trinajstić information content (AvgIpc) is 2.45. The lowest BCUT2D eigenvalue weighted by Gasteiger charge is -2.22. The van der Waals surface area contributed by atoms with E-state index in [9.17, 15) is 4.79 Å². The van der Waals surface area contributed by atoms with Crippen molar-refractivity contribution in [1.82, 2.24) is 5.32 Å². The van der Waals surface area contributed by atoms with Crippen LogP contribution < -0.4 is 11.1 Å². The highest BCUT2D eigenvalue weighted by molar-refractivity contribution is 5.76. The lowest BCUT2D eigenvalue weighted by molar-refractivity contribution is -0.123. The topological polar surface area (TPSA) is 73.6 Å². The van der Waals surface area contributed by atoms with Gasteiger partial charge < -0.3 is 20.5 Å². The highest BCUT2D eigenvalue weighted by Crippen LogP contribution is 2.20. The van der Waals surface area contributed by atoms with Gasteiger partial charge in [0.05, 0.1) is 18.6 Å². The Kier molecular flexibility index (Phi) is 8.79. The van der Waals surface area contributed by atoms with Gasteiger partial charge in [0.15, 0.2) is 0 Å². The van der Waals surface area contributed by atoms with Gasteiger partial charge in [-0.1, -0.05) is 19.3 Å². The summed E-state index contributed by atoms with van der Waals surface area (Å²) >= 11 is 0. The lowest BCUT2D eigenvalue weighted by Crippen LogP contribution is -2.33. The number of ether oxygens (including phenoxy) is 2. The van der Waals surface area contributed by atoms with E-state index >= 15 is 0 Å². The molecule has 0 bridgehead atoms. The first-order valence-electron chi connectivity index (χ1n) is 7.37. The number of amides is 1. The third-order valence-electron chi connectivity index (χ3n) is 3.56. The second kappa shape index (κ2) is 10.2. The Balaban J connectivity index is 1.96. The number of nitrogens with one attached hydrogen (secondary N) is 1. The molecular weight excluding hydrogens is 244 g/mol. The van der Waals surface area contributed by atoms with E-state index in [0.717, 1.165) is 13.0 Å². The fraction of sp³-hybridized carbons (Fsp3) is 0.929. The standard InChI is InChI=1S/C14H28N2O3/c1-18-13(11-15)10-14(17)16-8-5-9-19-12-6-3-2-4-7-12/h12-13H,2-11,15H2,1H3,(H,16,17). The second-order valence-electron chi connectivity index (χ2n) is 5.13. The summed E-state index contributed by atoms with van der Waals surface area (Å²) < 4.78 is 10.9. The first kappa shape index (κ1) is 16.4. The molecule has 0 spiro atoms. The fourth-order valence-electron chi connectivity index (χ4n) is 2.32. The maximum absolute atomic E-state index is 11.5. The normalized spacial score (nSPS) is 18.2. The molecule has 0 aromatic rings. The van der Waals surface area contributed by atoms with Crippen LogP contribution in [0, 0.1) is 0 Å². The third-order valence-corrected chi connectivity index (χ3v) is 3.56. The van der Waals surface area contributed by atoms with Crippen molar-refractivity contribution in [2.24, 2.45) is 5.73 Å². The van der Waals surface area contributed by atoms with Crippen LogP contribution >= 0.6 is 0 Å². The molecule has 3 N–H and O–H groups in total. The van der Waals surface area contributed by atoms with Crippen molar-refractivity contribution in [2.45, 2.75) is 57.2 Å². The van der Waals surface area contributed by atoms with E-state index in [1.807, 2.05) is 0 Å². The molecule has 1 atom stereocenters. The van der Waals surface area contributed by atoms with Crippen LogP contribution in [0.5, 0.6) is 0 Å².